The summed E-state index contributed by atoms with van der Waals surface area (Å²) in [5, 5.41) is 5.99. The Morgan fingerprint density at radius 1 is 1.47 bits per heavy atom. The fraction of sp³-hybridized carbons (Fsp3) is 0.417. The number of amides is 2. The number of hydrogen-bond acceptors (Lipinski definition) is 2. The van der Waals surface area contributed by atoms with E-state index in [9.17, 15) is 4.79 Å². The lowest BCUT2D eigenvalue weighted by Crippen LogP contribution is -2.34. The van der Waals surface area contributed by atoms with Crippen LogP contribution in [0, 0.1) is 0 Å². The minimum Gasteiger partial charge on any atom is -0.492 e. The van der Waals surface area contributed by atoms with E-state index in [0.717, 1.165) is 0 Å². The van der Waals surface area contributed by atoms with Gasteiger partial charge in [-0.25, -0.2) is 4.79 Å². The van der Waals surface area contributed by atoms with Crippen molar-refractivity contribution < 1.29 is 9.53 Å². The number of benzene rings is 1. The molecule has 0 atom stereocenters. The molecule has 0 spiro atoms. The molecule has 17 heavy (non-hydrogen) atoms. The van der Waals surface area contributed by atoms with Crippen LogP contribution in [0.1, 0.15) is 20.8 Å². The van der Waals surface area contributed by atoms with Gasteiger partial charge < -0.3 is 15.4 Å². The summed E-state index contributed by atoms with van der Waals surface area (Å²) in [5.41, 5.74) is 0.567. The predicted molar refractivity (Wildman–Crippen MR) is 69.9 cm³/mol. The second-order valence-electron chi connectivity index (χ2n) is 3.83. The molecule has 4 nitrogen and oxygen atoms in total. The van der Waals surface area contributed by atoms with Crippen molar-refractivity contribution in [1.29, 1.82) is 0 Å². The van der Waals surface area contributed by atoms with Gasteiger partial charge >= 0.3 is 6.03 Å². The number of halogens is 1. The Bertz CT molecular complexity index is 394. The Labute approximate surface area is 106 Å². The fourth-order valence-electron chi connectivity index (χ4n) is 1.30. The van der Waals surface area contributed by atoms with Gasteiger partial charge in [-0.1, -0.05) is 11.6 Å². The highest BCUT2D eigenvalue weighted by Gasteiger charge is 2.09. The van der Waals surface area contributed by atoms with Crippen molar-refractivity contribution in [3.8, 4) is 5.75 Å². The maximum Gasteiger partial charge on any atom is 0.319 e. The molecule has 0 aliphatic carbocycles. The monoisotopic (exact) mass is 256 g/mol. The summed E-state index contributed by atoms with van der Waals surface area (Å²) in [5.74, 6) is 0.607. The molecule has 0 aliphatic heterocycles. The summed E-state index contributed by atoms with van der Waals surface area (Å²) in [6.07, 6.45) is 0. The Morgan fingerprint density at radius 2 is 2.18 bits per heavy atom. The van der Waals surface area contributed by atoms with Crippen molar-refractivity contribution in [3.05, 3.63) is 23.2 Å². The van der Waals surface area contributed by atoms with Crippen LogP contribution in [-0.4, -0.2) is 18.7 Å². The van der Waals surface area contributed by atoms with Gasteiger partial charge in [0.1, 0.15) is 5.75 Å². The number of hydrogen-bond donors (Lipinski definition) is 2. The second kappa shape index (κ2) is 6.35. The summed E-state index contributed by atoms with van der Waals surface area (Å²) in [6, 6.07) is 4.91. The highest BCUT2D eigenvalue weighted by molar-refractivity contribution is 6.31. The van der Waals surface area contributed by atoms with Crippen LogP contribution < -0.4 is 15.4 Å². The van der Waals surface area contributed by atoms with Gasteiger partial charge in [-0.3, -0.25) is 0 Å². The third-order valence-corrected chi connectivity index (χ3v) is 2.14. The summed E-state index contributed by atoms with van der Waals surface area (Å²) < 4.78 is 5.40. The van der Waals surface area contributed by atoms with Gasteiger partial charge in [0, 0.05) is 11.1 Å². The van der Waals surface area contributed by atoms with Crippen molar-refractivity contribution in [2.45, 2.75) is 26.8 Å². The molecule has 2 amide bonds. The summed E-state index contributed by atoms with van der Waals surface area (Å²) >= 11 is 5.88. The normalized spacial score (nSPS) is 10.2. The average Bonchev–Trinajstić information content (AvgIpc) is 2.21. The minimum absolute atomic E-state index is 0.0738. The molecule has 0 heterocycles. The molecule has 2 N–H and O–H groups in total. The summed E-state index contributed by atoms with van der Waals surface area (Å²) in [7, 11) is 0. The Morgan fingerprint density at radius 3 is 2.76 bits per heavy atom. The molecule has 0 aromatic heterocycles. The Hall–Kier alpha value is -1.42. The largest absolute Gasteiger partial charge is 0.492 e. The smallest absolute Gasteiger partial charge is 0.319 e. The number of carbonyl (C=O) groups is 1. The fourth-order valence-corrected chi connectivity index (χ4v) is 1.47. The first kappa shape index (κ1) is 13.6. The standard InChI is InChI=1S/C12H17ClN2O2/c1-4-17-11-6-5-9(13)7-10(11)15-12(16)14-8(2)3/h5-8H,4H2,1-3H3,(H2,14,15,16). The number of urea groups is 1. The average molecular weight is 257 g/mol. The van der Waals surface area contributed by atoms with E-state index in [-0.39, 0.29) is 12.1 Å². The molecule has 0 radical (unpaired) electrons. The molecule has 5 heteroatoms. The lowest BCUT2D eigenvalue weighted by Gasteiger charge is -2.13. The Balaban J connectivity index is 2.80. The lowest BCUT2D eigenvalue weighted by molar-refractivity contribution is 0.249. The second-order valence-corrected chi connectivity index (χ2v) is 4.26. The molecule has 94 valence electrons. The molecular weight excluding hydrogens is 240 g/mol. The summed E-state index contributed by atoms with van der Waals surface area (Å²) in [6.45, 7) is 6.19. The molecule has 0 unspecified atom stereocenters. The van der Waals surface area contributed by atoms with E-state index in [1.807, 2.05) is 20.8 Å². The number of anilines is 1. The molecule has 1 rings (SSSR count). The van der Waals surface area contributed by atoms with Crippen LogP contribution >= 0.6 is 11.6 Å². The molecular formula is C12H17ClN2O2. The van der Waals surface area contributed by atoms with Crippen LogP contribution in [0.2, 0.25) is 5.02 Å². The quantitative estimate of drug-likeness (QED) is 0.869. The molecule has 0 saturated carbocycles. The highest BCUT2D eigenvalue weighted by atomic mass is 35.5. The molecule has 1 aromatic rings. The van der Waals surface area contributed by atoms with E-state index < -0.39 is 0 Å². The maximum atomic E-state index is 11.6. The van der Waals surface area contributed by atoms with E-state index in [1.165, 1.54) is 0 Å². The van der Waals surface area contributed by atoms with Gasteiger partial charge in [0.15, 0.2) is 0 Å². The zero-order valence-corrected chi connectivity index (χ0v) is 11.0. The first-order valence-electron chi connectivity index (χ1n) is 5.52. The van der Waals surface area contributed by atoms with E-state index >= 15 is 0 Å². The van der Waals surface area contributed by atoms with Crippen molar-refractivity contribution in [2.24, 2.45) is 0 Å². The highest BCUT2D eigenvalue weighted by Crippen LogP contribution is 2.27. The topological polar surface area (TPSA) is 50.4 Å². The van der Waals surface area contributed by atoms with Gasteiger partial charge in [-0.05, 0) is 39.0 Å². The number of ether oxygens (including phenoxy) is 1. The zero-order chi connectivity index (χ0) is 12.8. The van der Waals surface area contributed by atoms with E-state index in [2.05, 4.69) is 10.6 Å². The molecule has 1 aromatic carbocycles. The SMILES string of the molecule is CCOc1ccc(Cl)cc1NC(=O)NC(C)C. The molecule has 0 aliphatic rings. The van der Waals surface area contributed by atoms with Gasteiger partial charge in [-0.2, -0.15) is 0 Å². The molecule has 0 fully saturated rings. The van der Waals surface area contributed by atoms with E-state index in [4.69, 9.17) is 16.3 Å². The first-order chi connectivity index (χ1) is 8.02. The summed E-state index contributed by atoms with van der Waals surface area (Å²) in [4.78, 5) is 11.6. The van der Waals surface area contributed by atoms with Gasteiger partial charge in [0.05, 0.1) is 12.3 Å². The van der Waals surface area contributed by atoms with Crippen molar-refractivity contribution >= 4 is 23.3 Å². The van der Waals surface area contributed by atoms with Crippen LogP contribution in [0.3, 0.4) is 0 Å². The zero-order valence-electron chi connectivity index (χ0n) is 10.2. The third-order valence-electron chi connectivity index (χ3n) is 1.91. The minimum atomic E-state index is -0.275. The van der Waals surface area contributed by atoms with Crippen LogP contribution in [0.5, 0.6) is 5.75 Å². The predicted octanol–water partition coefficient (Wildman–Crippen LogP) is 3.27. The Kier molecular flexibility index (Phi) is 5.10. The number of nitrogens with one attached hydrogen (secondary N) is 2. The number of rotatable bonds is 4. The van der Waals surface area contributed by atoms with Crippen LogP contribution in [0.25, 0.3) is 0 Å². The maximum absolute atomic E-state index is 11.6. The van der Waals surface area contributed by atoms with Crippen LogP contribution in [-0.2, 0) is 0 Å². The van der Waals surface area contributed by atoms with Crippen molar-refractivity contribution in [3.63, 3.8) is 0 Å². The van der Waals surface area contributed by atoms with Gasteiger partial charge in [-0.15, -0.1) is 0 Å². The van der Waals surface area contributed by atoms with E-state index in [1.54, 1.807) is 18.2 Å². The van der Waals surface area contributed by atoms with Crippen molar-refractivity contribution in [1.82, 2.24) is 5.32 Å². The van der Waals surface area contributed by atoms with Crippen LogP contribution in [0.4, 0.5) is 10.5 Å². The lowest BCUT2D eigenvalue weighted by atomic mass is 10.3. The van der Waals surface area contributed by atoms with Gasteiger partial charge in [0.25, 0.3) is 0 Å². The first-order valence-corrected chi connectivity index (χ1v) is 5.90. The van der Waals surface area contributed by atoms with E-state index in [0.29, 0.717) is 23.1 Å². The van der Waals surface area contributed by atoms with Crippen molar-refractivity contribution in [2.75, 3.05) is 11.9 Å². The van der Waals surface area contributed by atoms with Gasteiger partial charge in [0.2, 0.25) is 0 Å². The number of carbonyl (C=O) groups excluding carboxylic acids is 1. The third kappa shape index (κ3) is 4.53. The molecule has 0 saturated heterocycles. The van der Waals surface area contributed by atoms with Crippen LogP contribution in [0.15, 0.2) is 18.2 Å². The molecule has 0 bridgehead atoms.